The molecule has 3 aliphatic heterocycles. The van der Waals surface area contributed by atoms with Gasteiger partial charge >= 0.3 is 11.9 Å². The lowest BCUT2D eigenvalue weighted by molar-refractivity contribution is -0.387. The maximum absolute atomic E-state index is 12.5. The molecule has 0 aromatic heterocycles. The smallest absolute Gasteiger partial charge is 0.364 e. The minimum atomic E-state index is -2.89. The van der Waals surface area contributed by atoms with Crippen LogP contribution in [0.5, 0.6) is 0 Å². The molecule has 20 heteroatoms. The second-order valence-electron chi connectivity index (χ2n) is 10.8. The van der Waals surface area contributed by atoms with Crippen molar-refractivity contribution < 1.29 is 94.2 Å². The molecule has 20 nitrogen and oxygen atoms in total. The fourth-order valence-electron chi connectivity index (χ4n) is 5.20. The fourth-order valence-corrected chi connectivity index (χ4v) is 5.20. The molecule has 16 atom stereocenters. The number of hydrogen-bond acceptors (Lipinski definition) is 19. The number of carboxylic acid groups (broad SMARTS) is 1. The fraction of sp³-hybridized carbons (Fsp3) is 0.917. The van der Waals surface area contributed by atoms with Gasteiger partial charge in [-0.05, 0) is 0 Å². The third-order valence-corrected chi connectivity index (χ3v) is 7.85. The summed E-state index contributed by atoms with van der Waals surface area (Å²) in [6, 6.07) is 0. The van der Waals surface area contributed by atoms with Crippen LogP contribution in [0.25, 0.3) is 0 Å². The van der Waals surface area contributed by atoms with Crippen molar-refractivity contribution in [3.63, 3.8) is 0 Å². The van der Waals surface area contributed by atoms with E-state index in [0.29, 0.717) is 0 Å². The van der Waals surface area contributed by atoms with E-state index < -0.39 is 142 Å². The van der Waals surface area contributed by atoms with Gasteiger partial charge in [-0.3, -0.25) is 4.79 Å². The van der Waals surface area contributed by atoms with Crippen LogP contribution >= 0.6 is 0 Å². The topological polar surface area (TPSA) is 338 Å². The van der Waals surface area contributed by atoms with E-state index in [9.17, 15) is 65.8 Å². The monoisotopic (exact) mass is 647 g/mol. The van der Waals surface area contributed by atoms with Gasteiger partial charge in [0.25, 0.3) is 5.79 Å². The Hall–Kier alpha value is -1.70. The molecule has 0 aromatic rings. The standard InChI is InChI=1S/C24H41NO19/c1-7-8(29)2-24(23(37)38,43-18(7)13(32)9(30)4-26)44-20-14(33)10(5-27)39-22(17(20)36)42-19-11(6-28)40-21(16(35)15(19)34)41-12(31)3-25/h7-11,13-22,26-30,32-36H,2-6,25H2,1H3,(H,37,38)/t7-,8+,9-,10?,11?,13?,14+,15-,16?,17?,18?,19+,20+,21+,22?,24+/m1/s1. The van der Waals surface area contributed by atoms with Gasteiger partial charge in [-0.2, -0.15) is 0 Å². The average Bonchev–Trinajstić information content (AvgIpc) is 3.00. The third-order valence-electron chi connectivity index (χ3n) is 7.85. The zero-order chi connectivity index (χ0) is 33.1. The van der Waals surface area contributed by atoms with Crippen LogP contribution in [0, 0.1) is 5.92 Å². The Kier molecular flexibility index (Phi) is 12.8. The molecule has 0 spiro atoms. The Morgan fingerprint density at radius 1 is 0.909 bits per heavy atom. The highest BCUT2D eigenvalue weighted by atomic mass is 16.8. The van der Waals surface area contributed by atoms with Crippen LogP contribution in [0.1, 0.15) is 13.3 Å². The predicted molar refractivity (Wildman–Crippen MR) is 135 cm³/mol. The Morgan fingerprint density at radius 2 is 1.52 bits per heavy atom. The lowest BCUT2D eigenvalue weighted by atomic mass is 9.84. The summed E-state index contributed by atoms with van der Waals surface area (Å²) in [4.78, 5) is 24.0. The second-order valence-corrected chi connectivity index (χ2v) is 10.8. The summed E-state index contributed by atoms with van der Waals surface area (Å²) in [5.41, 5.74) is 5.17. The molecule has 0 saturated carbocycles. The quantitative estimate of drug-likeness (QED) is 0.0875. The first kappa shape index (κ1) is 36.8. The number of aliphatic hydroxyl groups excluding tert-OH is 10. The van der Waals surface area contributed by atoms with E-state index in [0.717, 1.165) is 0 Å². The Morgan fingerprint density at radius 3 is 2.07 bits per heavy atom. The lowest BCUT2D eigenvalue weighted by Crippen LogP contribution is -2.68. The number of carboxylic acids is 1. The van der Waals surface area contributed by atoms with Crippen LogP contribution in [0.15, 0.2) is 0 Å². The molecular weight excluding hydrogens is 606 g/mol. The second kappa shape index (κ2) is 15.3. The van der Waals surface area contributed by atoms with E-state index in [4.69, 9.17) is 34.2 Å². The molecule has 0 amide bonds. The third kappa shape index (κ3) is 7.47. The summed E-state index contributed by atoms with van der Waals surface area (Å²) in [5.74, 6) is -6.80. The Bertz CT molecular complexity index is 958. The molecule has 3 fully saturated rings. The van der Waals surface area contributed by atoms with Crippen molar-refractivity contribution in [1.82, 2.24) is 0 Å². The maximum atomic E-state index is 12.5. The van der Waals surface area contributed by atoms with Crippen molar-refractivity contribution >= 4 is 11.9 Å². The number of nitrogens with two attached hydrogens (primary N) is 1. The van der Waals surface area contributed by atoms with Gasteiger partial charge < -0.3 is 90.3 Å². The maximum Gasteiger partial charge on any atom is 0.364 e. The van der Waals surface area contributed by atoms with E-state index in [-0.39, 0.29) is 0 Å². The minimum Gasteiger partial charge on any atom is -0.477 e. The summed E-state index contributed by atoms with van der Waals surface area (Å²) in [7, 11) is 0. The van der Waals surface area contributed by atoms with Crippen LogP contribution in [0.3, 0.4) is 0 Å². The van der Waals surface area contributed by atoms with Gasteiger partial charge in [0, 0.05) is 12.3 Å². The van der Waals surface area contributed by atoms with Crippen LogP contribution in [0.4, 0.5) is 0 Å². The zero-order valence-electron chi connectivity index (χ0n) is 23.5. The van der Waals surface area contributed by atoms with Gasteiger partial charge in [0.05, 0.1) is 38.6 Å². The Labute approximate surface area is 249 Å². The summed E-state index contributed by atoms with van der Waals surface area (Å²) in [5, 5.41) is 113. The van der Waals surface area contributed by atoms with Gasteiger partial charge in [-0.15, -0.1) is 0 Å². The largest absolute Gasteiger partial charge is 0.477 e. The number of rotatable bonds is 12. The number of carbonyl (C=O) groups is 2. The van der Waals surface area contributed by atoms with Crippen molar-refractivity contribution in [2.45, 2.75) is 105 Å². The molecule has 256 valence electrons. The lowest BCUT2D eigenvalue weighted by Gasteiger charge is -2.50. The molecule has 44 heavy (non-hydrogen) atoms. The zero-order valence-corrected chi connectivity index (χ0v) is 23.5. The highest BCUT2D eigenvalue weighted by Gasteiger charge is 2.59. The first-order valence-corrected chi connectivity index (χ1v) is 13.7. The van der Waals surface area contributed by atoms with Crippen molar-refractivity contribution in [3.8, 4) is 0 Å². The van der Waals surface area contributed by atoms with Gasteiger partial charge in [0.15, 0.2) is 6.29 Å². The van der Waals surface area contributed by atoms with E-state index in [1.807, 2.05) is 0 Å². The molecule has 0 radical (unpaired) electrons. The Balaban J connectivity index is 1.88. The van der Waals surface area contributed by atoms with Crippen molar-refractivity contribution in [3.05, 3.63) is 0 Å². The highest BCUT2D eigenvalue weighted by molar-refractivity contribution is 5.76. The molecule has 7 unspecified atom stereocenters. The first-order chi connectivity index (χ1) is 20.7. The van der Waals surface area contributed by atoms with Gasteiger partial charge in [-0.25, -0.2) is 4.79 Å². The molecule has 0 aliphatic carbocycles. The molecule has 3 heterocycles. The first-order valence-electron chi connectivity index (χ1n) is 13.7. The average molecular weight is 648 g/mol. The minimum absolute atomic E-state index is 0.597. The molecular formula is C24H41NO19. The van der Waals surface area contributed by atoms with E-state index in [2.05, 4.69) is 0 Å². The number of aliphatic carboxylic acids is 1. The SMILES string of the molecule is C[C@H]1C(C(O)[C@H](O)CO)O[C@@](O[C@@H]2C(O)C(O[C@H]3C(CO)O[C@@H](OC(=O)CN)C(O)[C@H]3O)OC(CO)[C@@H]2O)(C(=O)O)C[C@@H]1O. The van der Waals surface area contributed by atoms with Gasteiger partial charge in [0.2, 0.25) is 6.29 Å². The van der Waals surface area contributed by atoms with Gasteiger partial charge in [0.1, 0.15) is 61.0 Å². The molecule has 0 aromatic carbocycles. The van der Waals surface area contributed by atoms with Crippen LogP contribution in [0.2, 0.25) is 0 Å². The number of hydrogen-bond donors (Lipinski definition) is 12. The predicted octanol–water partition coefficient (Wildman–Crippen LogP) is -7.58. The molecule has 3 saturated heterocycles. The molecule has 3 rings (SSSR count). The van der Waals surface area contributed by atoms with Crippen molar-refractivity contribution in [2.75, 3.05) is 26.4 Å². The number of esters is 1. The number of aliphatic hydroxyl groups is 10. The van der Waals surface area contributed by atoms with Crippen LogP contribution in [-0.2, 0) is 38.0 Å². The molecule has 0 bridgehead atoms. The van der Waals surface area contributed by atoms with Crippen LogP contribution in [-0.4, -0.2) is 186 Å². The summed E-state index contributed by atoms with van der Waals surface area (Å²) < 4.78 is 32.2. The molecule has 3 aliphatic rings. The van der Waals surface area contributed by atoms with Crippen molar-refractivity contribution in [2.24, 2.45) is 11.7 Å². The van der Waals surface area contributed by atoms with E-state index >= 15 is 0 Å². The number of ether oxygens (including phenoxy) is 6. The summed E-state index contributed by atoms with van der Waals surface area (Å²) in [6.45, 7) is -2.03. The van der Waals surface area contributed by atoms with Crippen LogP contribution < -0.4 is 5.73 Å². The van der Waals surface area contributed by atoms with E-state index in [1.54, 1.807) is 0 Å². The molecule has 13 N–H and O–H groups in total. The summed E-state index contributed by atoms with van der Waals surface area (Å²) >= 11 is 0. The van der Waals surface area contributed by atoms with Gasteiger partial charge in [-0.1, -0.05) is 6.92 Å². The normalized spacial score (nSPS) is 44.5. The highest BCUT2D eigenvalue weighted by Crippen LogP contribution is 2.40. The number of carbonyl (C=O) groups excluding carboxylic acids is 1. The van der Waals surface area contributed by atoms with Crippen molar-refractivity contribution in [1.29, 1.82) is 0 Å². The van der Waals surface area contributed by atoms with E-state index in [1.165, 1.54) is 6.92 Å². The summed E-state index contributed by atoms with van der Waals surface area (Å²) in [6.07, 6.45) is -26.5.